The van der Waals surface area contributed by atoms with Crippen LogP contribution in [0.25, 0.3) is 0 Å². The quantitative estimate of drug-likeness (QED) is 0.761. The molecule has 0 saturated carbocycles. The second kappa shape index (κ2) is 8.12. The van der Waals surface area contributed by atoms with Crippen LogP contribution in [-0.4, -0.2) is 23.7 Å². The van der Waals surface area contributed by atoms with Crippen LogP contribution in [0.4, 0.5) is 0 Å². The zero-order valence-corrected chi connectivity index (χ0v) is 12.9. The Morgan fingerprint density at radius 3 is 2.75 bits per heavy atom. The molecule has 1 rings (SSSR count). The van der Waals surface area contributed by atoms with Crippen LogP contribution < -0.4 is 10.1 Å². The fraction of sp³-hybridized carbons (Fsp3) is 0.533. The normalized spacial score (nSPS) is 13.7. The van der Waals surface area contributed by atoms with Crippen LogP contribution >= 0.6 is 11.6 Å². The zero-order valence-electron chi connectivity index (χ0n) is 12.1. The largest absolute Gasteiger partial charge is 0.481 e. The number of amides is 1. The fourth-order valence-electron chi connectivity index (χ4n) is 1.73. The topological polar surface area (TPSA) is 58.6 Å². The Morgan fingerprint density at radius 2 is 2.15 bits per heavy atom. The smallest absolute Gasteiger partial charge is 0.260 e. The second-order valence-corrected chi connectivity index (χ2v) is 5.20. The molecule has 0 bridgehead atoms. The highest BCUT2D eigenvalue weighted by molar-refractivity contribution is 6.30. The third kappa shape index (κ3) is 5.02. The van der Waals surface area contributed by atoms with Crippen molar-refractivity contribution in [3.8, 4) is 5.75 Å². The summed E-state index contributed by atoms with van der Waals surface area (Å²) in [4.78, 5) is 11.8. The molecule has 0 fully saturated rings. The zero-order chi connectivity index (χ0) is 15.1. The lowest BCUT2D eigenvalue weighted by molar-refractivity contribution is -0.127. The first-order chi connectivity index (χ1) is 9.45. The van der Waals surface area contributed by atoms with Gasteiger partial charge in [0.1, 0.15) is 5.75 Å². The van der Waals surface area contributed by atoms with Crippen molar-refractivity contribution in [3.05, 3.63) is 28.8 Å². The lowest BCUT2D eigenvalue weighted by Crippen LogP contribution is -2.37. The maximum Gasteiger partial charge on any atom is 0.260 e. The molecule has 0 heterocycles. The number of benzene rings is 1. The van der Waals surface area contributed by atoms with Crippen LogP contribution in [0, 0.1) is 0 Å². The van der Waals surface area contributed by atoms with Gasteiger partial charge in [-0.15, -0.1) is 0 Å². The van der Waals surface area contributed by atoms with E-state index in [-0.39, 0.29) is 5.91 Å². The number of carbonyl (C=O) groups is 1. The highest BCUT2D eigenvalue weighted by Gasteiger charge is 2.17. The maximum atomic E-state index is 11.8. The van der Waals surface area contributed by atoms with Crippen LogP contribution in [0.2, 0.25) is 5.02 Å². The molecular weight excluding hydrogens is 278 g/mol. The Balaban J connectivity index is 2.70. The Kier molecular flexibility index (Phi) is 6.82. The highest BCUT2D eigenvalue weighted by atomic mass is 35.5. The van der Waals surface area contributed by atoms with Gasteiger partial charge >= 0.3 is 0 Å². The number of rotatable bonds is 7. The summed E-state index contributed by atoms with van der Waals surface area (Å²) in [7, 11) is 0. The fourth-order valence-corrected chi connectivity index (χ4v) is 1.91. The van der Waals surface area contributed by atoms with E-state index >= 15 is 0 Å². The van der Waals surface area contributed by atoms with Gasteiger partial charge in [-0.05, 0) is 38.5 Å². The van der Waals surface area contributed by atoms with E-state index < -0.39 is 12.2 Å². The van der Waals surface area contributed by atoms with Crippen LogP contribution in [-0.2, 0) is 4.79 Å². The lowest BCUT2D eigenvalue weighted by atomic mass is 10.1. The minimum atomic E-state index is -0.709. The van der Waals surface area contributed by atoms with E-state index in [1.165, 1.54) is 0 Å². The predicted octanol–water partition coefficient (Wildman–Crippen LogP) is 3.08. The molecule has 2 atom stereocenters. The summed E-state index contributed by atoms with van der Waals surface area (Å²) in [5.74, 6) is 0.312. The van der Waals surface area contributed by atoms with E-state index in [9.17, 15) is 9.90 Å². The molecule has 1 aromatic carbocycles. The number of unbranched alkanes of at least 4 members (excludes halogenated alkanes) is 1. The van der Waals surface area contributed by atoms with Gasteiger partial charge in [0.05, 0.1) is 6.10 Å². The number of hydrogen-bond acceptors (Lipinski definition) is 3. The highest BCUT2D eigenvalue weighted by Crippen LogP contribution is 2.29. The molecule has 4 nitrogen and oxygen atoms in total. The summed E-state index contributed by atoms with van der Waals surface area (Å²) in [5, 5.41) is 13.0. The molecule has 0 aliphatic heterocycles. The van der Waals surface area contributed by atoms with Crippen LogP contribution in [0.3, 0.4) is 0 Å². The number of aliphatic hydroxyl groups excluding tert-OH is 1. The van der Waals surface area contributed by atoms with E-state index in [0.717, 1.165) is 12.8 Å². The van der Waals surface area contributed by atoms with Crippen molar-refractivity contribution in [2.45, 2.75) is 45.8 Å². The number of aliphatic hydroxyl groups is 1. The number of halogens is 1. The molecule has 1 amide bonds. The van der Waals surface area contributed by atoms with E-state index in [2.05, 4.69) is 12.2 Å². The predicted molar refractivity (Wildman–Crippen MR) is 80.1 cm³/mol. The number of carbonyl (C=O) groups excluding carboxylic acids is 1. The van der Waals surface area contributed by atoms with Gasteiger partial charge in [0, 0.05) is 17.1 Å². The molecule has 0 saturated heterocycles. The van der Waals surface area contributed by atoms with Crippen molar-refractivity contribution in [1.29, 1.82) is 0 Å². The SMILES string of the molecule is CCCCNC(=O)C(C)Oc1ccc(Cl)cc1[C@H](C)O. The summed E-state index contributed by atoms with van der Waals surface area (Å²) in [6.45, 7) is 6.02. The van der Waals surface area contributed by atoms with Crippen molar-refractivity contribution in [3.63, 3.8) is 0 Å². The van der Waals surface area contributed by atoms with Crippen molar-refractivity contribution < 1.29 is 14.6 Å². The first kappa shape index (κ1) is 16.8. The standard InChI is InChI=1S/C15H22ClNO3/c1-4-5-8-17-15(19)11(3)20-14-7-6-12(16)9-13(14)10(2)18/h6-7,9-11,18H,4-5,8H2,1-3H3,(H,17,19)/t10-,11?/m0/s1. The average molecular weight is 300 g/mol. The van der Waals surface area contributed by atoms with Gasteiger partial charge < -0.3 is 15.2 Å². The van der Waals surface area contributed by atoms with Crippen LogP contribution in [0.5, 0.6) is 5.75 Å². The second-order valence-electron chi connectivity index (χ2n) is 4.76. The third-order valence-electron chi connectivity index (χ3n) is 2.92. The van der Waals surface area contributed by atoms with Crippen molar-refractivity contribution in [2.24, 2.45) is 0 Å². The number of ether oxygens (including phenoxy) is 1. The van der Waals surface area contributed by atoms with Crippen LogP contribution in [0.1, 0.15) is 45.3 Å². The number of nitrogens with one attached hydrogen (secondary N) is 1. The molecule has 1 aromatic rings. The minimum Gasteiger partial charge on any atom is -0.481 e. The Morgan fingerprint density at radius 1 is 1.45 bits per heavy atom. The first-order valence-corrected chi connectivity index (χ1v) is 7.25. The van der Waals surface area contributed by atoms with Crippen molar-refractivity contribution in [1.82, 2.24) is 5.32 Å². The summed E-state index contributed by atoms with van der Waals surface area (Å²) in [6.07, 6.45) is 0.640. The van der Waals surface area contributed by atoms with Gasteiger partial charge in [0.2, 0.25) is 0 Å². The number of hydrogen-bond donors (Lipinski definition) is 2. The summed E-state index contributed by atoms with van der Waals surface area (Å²) < 4.78 is 5.62. The Hall–Kier alpha value is -1.26. The molecule has 2 N–H and O–H groups in total. The molecule has 112 valence electrons. The molecule has 0 aromatic heterocycles. The maximum absolute atomic E-state index is 11.8. The Labute approximate surface area is 125 Å². The van der Waals surface area contributed by atoms with Crippen molar-refractivity contribution in [2.75, 3.05) is 6.54 Å². The molecule has 5 heteroatoms. The molecule has 0 aliphatic rings. The molecule has 20 heavy (non-hydrogen) atoms. The van der Waals surface area contributed by atoms with Gasteiger partial charge in [-0.3, -0.25) is 4.79 Å². The van der Waals surface area contributed by atoms with E-state index in [1.54, 1.807) is 32.0 Å². The van der Waals surface area contributed by atoms with Gasteiger partial charge in [0.25, 0.3) is 5.91 Å². The van der Waals surface area contributed by atoms with Crippen molar-refractivity contribution >= 4 is 17.5 Å². The van der Waals surface area contributed by atoms with Gasteiger partial charge in [0.15, 0.2) is 6.10 Å². The first-order valence-electron chi connectivity index (χ1n) is 6.87. The summed E-state index contributed by atoms with van der Waals surface area (Å²) in [6, 6.07) is 4.98. The van der Waals surface area contributed by atoms with E-state index in [0.29, 0.717) is 22.9 Å². The molecule has 0 aliphatic carbocycles. The Bertz CT molecular complexity index is 449. The third-order valence-corrected chi connectivity index (χ3v) is 3.16. The van der Waals surface area contributed by atoms with Gasteiger partial charge in [-0.25, -0.2) is 0 Å². The van der Waals surface area contributed by atoms with E-state index in [1.807, 2.05) is 0 Å². The van der Waals surface area contributed by atoms with Gasteiger partial charge in [-0.2, -0.15) is 0 Å². The average Bonchev–Trinajstić information content (AvgIpc) is 2.40. The minimum absolute atomic E-state index is 0.162. The summed E-state index contributed by atoms with van der Waals surface area (Å²) in [5.41, 5.74) is 0.575. The monoisotopic (exact) mass is 299 g/mol. The molecule has 0 radical (unpaired) electrons. The molecular formula is C15H22ClNO3. The lowest BCUT2D eigenvalue weighted by Gasteiger charge is -2.18. The van der Waals surface area contributed by atoms with E-state index in [4.69, 9.17) is 16.3 Å². The summed E-state index contributed by atoms with van der Waals surface area (Å²) >= 11 is 5.90. The molecule has 0 spiro atoms. The van der Waals surface area contributed by atoms with Gasteiger partial charge in [-0.1, -0.05) is 24.9 Å². The van der Waals surface area contributed by atoms with Crippen LogP contribution in [0.15, 0.2) is 18.2 Å². The molecule has 1 unspecified atom stereocenters.